The molecule has 7 nitrogen and oxygen atoms in total. The van der Waals surface area contributed by atoms with Crippen LogP contribution in [0, 0.1) is 19.8 Å². The number of rotatable bonds is 4. The molecule has 144 valence electrons. The van der Waals surface area contributed by atoms with Crippen molar-refractivity contribution in [3.05, 3.63) is 29.8 Å². The van der Waals surface area contributed by atoms with Crippen LogP contribution in [0.5, 0.6) is 0 Å². The zero-order chi connectivity index (χ0) is 18.8. The molecular formula is C20H28N6O. The van der Waals surface area contributed by atoms with Gasteiger partial charge in [0.15, 0.2) is 5.82 Å². The molecule has 4 rings (SSSR count). The lowest BCUT2D eigenvalue weighted by molar-refractivity contribution is -0.134. The summed E-state index contributed by atoms with van der Waals surface area (Å²) in [4.78, 5) is 25.6. The van der Waals surface area contributed by atoms with E-state index in [1.54, 1.807) is 6.20 Å². The molecule has 0 radical (unpaired) electrons. The summed E-state index contributed by atoms with van der Waals surface area (Å²) < 4.78 is 1.85. The van der Waals surface area contributed by atoms with Crippen LogP contribution in [0.3, 0.4) is 0 Å². The summed E-state index contributed by atoms with van der Waals surface area (Å²) in [7, 11) is 0. The molecule has 0 aromatic carbocycles. The Bertz CT molecular complexity index is 809. The van der Waals surface area contributed by atoms with Crippen molar-refractivity contribution < 1.29 is 4.79 Å². The number of carbonyl (C=O) groups is 1. The van der Waals surface area contributed by atoms with Crippen LogP contribution in [0.1, 0.15) is 43.5 Å². The molecule has 2 saturated heterocycles. The first-order valence-electron chi connectivity index (χ1n) is 9.98. The second-order valence-electron chi connectivity index (χ2n) is 7.80. The molecule has 4 heterocycles. The summed E-state index contributed by atoms with van der Waals surface area (Å²) in [6, 6.07) is 2.04. The van der Waals surface area contributed by atoms with Crippen molar-refractivity contribution in [3.8, 4) is 5.82 Å². The highest BCUT2D eigenvalue weighted by Crippen LogP contribution is 2.24. The normalized spacial score (nSPS) is 19.0. The highest BCUT2D eigenvalue weighted by atomic mass is 16.2. The minimum absolute atomic E-state index is 0.340. The third kappa shape index (κ3) is 3.96. The van der Waals surface area contributed by atoms with Crippen molar-refractivity contribution in [2.75, 3.05) is 31.1 Å². The zero-order valence-corrected chi connectivity index (χ0v) is 16.3. The summed E-state index contributed by atoms with van der Waals surface area (Å²) in [5, 5.41) is 4.51. The van der Waals surface area contributed by atoms with E-state index in [-0.39, 0.29) is 0 Å². The van der Waals surface area contributed by atoms with Gasteiger partial charge >= 0.3 is 0 Å². The molecular weight excluding hydrogens is 340 g/mol. The van der Waals surface area contributed by atoms with Gasteiger partial charge < -0.3 is 9.80 Å². The van der Waals surface area contributed by atoms with Crippen LogP contribution in [-0.4, -0.2) is 56.7 Å². The van der Waals surface area contributed by atoms with Gasteiger partial charge in [-0.1, -0.05) is 0 Å². The number of likely N-dealkylation sites (tertiary alicyclic amines) is 1. The minimum Gasteiger partial charge on any atom is -0.355 e. The number of aromatic nitrogens is 4. The number of hydrogen-bond acceptors (Lipinski definition) is 5. The smallest absolute Gasteiger partial charge is 0.222 e. The van der Waals surface area contributed by atoms with E-state index in [1.807, 2.05) is 30.8 Å². The summed E-state index contributed by atoms with van der Waals surface area (Å²) in [6.07, 6.45) is 8.72. The van der Waals surface area contributed by atoms with Crippen molar-refractivity contribution in [2.24, 2.45) is 5.92 Å². The largest absolute Gasteiger partial charge is 0.355 e. The number of aryl methyl sites for hydroxylation is 2. The van der Waals surface area contributed by atoms with Gasteiger partial charge in [0, 0.05) is 38.3 Å². The van der Waals surface area contributed by atoms with Crippen LogP contribution in [0.25, 0.3) is 5.82 Å². The Kier molecular flexibility index (Phi) is 5.09. The Balaban J connectivity index is 1.39. The number of piperidine rings is 2. The van der Waals surface area contributed by atoms with E-state index in [0.717, 1.165) is 81.3 Å². The van der Waals surface area contributed by atoms with Gasteiger partial charge in [-0.25, -0.2) is 9.67 Å². The van der Waals surface area contributed by atoms with Crippen LogP contribution >= 0.6 is 0 Å². The fourth-order valence-corrected chi connectivity index (χ4v) is 4.17. The minimum atomic E-state index is 0.340. The van der Waals surface area contributed by atoms with E-state index < -0.39 is 0 Å². The average Bonchev–Trinajstić information content (AvgIpc) is 3.02. The molecule has 2 aromatic heterocycles. The van der Waals surface area contributed by atoms with E-state index in [1.165, 1.54) is 0 Å². The van der Waals surface area contributed by atoms with E-state index in [2.05, 4.69) is 19.9 Å². The van der Waals surface area contributed by atoms with E-state index in [4.69, 9.17) is 4.98 Å². The summed E-state index contributed by atoms with van der Waals surface area (Å²) >= 11 is 0. The number of nitrogens with zero attached hydrogens (tertiary/aromatic N) is 6. The molecule has 0 spiro atoms. The zero-order valence-electron chi connectivity index (χ0n) is 16.3. The Morgan fingerprint density at radius 1 is 1.07 bits per heavy atom. The quantitative estimate of drug-likeness (QED) is 0.829. The molecule has 2 fully saturated rings. The van der Waals surface area contributed by atoms with Crippen LogP contribution < -0.4 is 4.90 Å². The van der Waals surface area contributed by atoms with Crippen molar-refractivity contribution in [3.63, 3.8) is 0 Å². The summed E-state index contributed by atoms with van der Waals surface area (Å²) in [6.45, 7) is 7.80. The molecule has 1 amide bonds. The molecule has 0 N–H and O–H groups in total. The molecule has 0 unspecified atom stereocenters. The second kappa shape index (κ2) is 7.66. The topological polar surface area (TPSA) is 67.2 Å². The Labute approximate surface area is 160 Å². The van der Waals surface area contributed by atoms with Gasteiger partial charge in [-0.05, 0) is 51.5 Å². The maximum atomic E-state index is 12.0. The fourth-order valence-electron chi connectivity index (χ4n) is 4.17. The first-order valence-corrected chi connectivity index (χ1v) is 9.98. The third-order valence-electron chi connectivity index (χ3n) is 5.67. The van der Waals surface area contributed by atoms with Crippen LogP contribution in [0.15, 0.2) is 18.5 Å². The SMILES string of the molecule is Cc1cc(C)n(-c2cncc(N3CCC(CN4CCCCC4=O)CC3)n2)n1. The fraction of sp³-hybridized carbons (Fsp3) is 0.600. The van der Waals surface area contributed by atoms with Crippen molar-refractivity contribution in [1.29, 1.82) is 0 Å². The van der Waals surface area contributed by atoms with Gasteiger partial charge in [0.05, 0.1) is 18.1 Å². The van der Waals surface area contributed by atoms with E-state index in [9.17, 15) is 4.79 Å². The summed E-state index contributed by atoms with van der Waals surface area (Å²) in [5.74, 6) is 2.61. The number of carbonyl (C=O) groups excluding carboxylic acids is 1. The predicted octanol–water partition coefficient (Wildman–Crippen LogP) is 2.51. The van der Waals surface area contributed by atoms with Gasteiger partial charge in [-0.3, -0.25) is 9.78 Å². The third-order valence-corrected chi connectivity index (χ3v) is 5.67. The molecule has 2 aliphatic heterocycles. The van der Waals surface area contributed by atoms with Crippen molar-refractivity contribution in [1.82, 2.24) is 24.6 Å². The van der Waals surface area contributed by atoms with E-state index >= 15 is 0 Å². The first kappa shape index (κ1) is 17.9. The maximum absolute atomic E-state index is 12.0. The predicted molar refractivity (Wildman–Crippen MR) is 104 cm³/mol. The lowest BCUT2D eigenvalue weighted by atomic mass is 9.95. The number of amides is 1. The molecule has 2 aromatic rings. The molecule has 27 heavy (non-hydrogen) atoms. The first-order chi connectivity index (χ1) is 13.1. The Morgan fingerprint density at radius 2 is 1.85 bits per heavy atom. The Morgan fingerprint density at radius 3 is 2.56 bits per heavy atom. The Hall–Kier alpha value is -2.44. The van der Waals surface area contributed by atoms with Crippen molar-refractivity contribution in [2.45, 2.75) is 46.0 Å². The highest BCUT2D eigenvalue weighted by molar-refractivity contribution is 5.76. The lowest BCUT2D eigenvalue weighted by Gasteiger charge is -2.36. The van der Waals surface area contributed by atoms with Crippen LogP contribution in [-0.2, 0) is 4.79 Å². The number of anilines is 1. The van der Waals surface area contributed by atoms with E-state index in [0.29, 0.717) is 11.8 Å². The highest BCUT2D eigenvalue weighted by Gasteiger charge is 2.26. The lowest BCUT2D eigenvalue weighted by Crippen LogP contribution is -2.43. The van der Waals surface area contributed by atoms with Crippen LogP contribution in [0.4, 0.5) is 5.82 Å². The van der Waals surface area contributed by atoms with Gasteiger partial charge in [-0.2, -0.15) is 5.10 Å². The molecule has 0 atom stereocenters. The average molecular weight is 368 g/mol. The van der Waals surface area contributed by atoms with Gasteiger partial charge in [0.2, 0.25) is 5.91 Å². The molecule has 0 bridgehead atoms. The maximum Gasteiger partial charge on any atom is 0.222 e. The van der Waals surface area contributed by atoms with Gasteiger partial charge in [-0.15, -0.1) is 0 Å². The second-order valence-corrected chi connectivity index (χ2v) is 7.80. The molecule has 0 aliphatic carbocycles. The van der Waals surface area contributed by atoms with Gasteiger partial charge in [0.25, 0.3) is 0 Å². The number of hydrogen-bond donors (Lipinski definition) is 0. The van der Waals surface area contributed by atoms with Gasteiger partial charge in [0.1, 0.15) is 5.82 Å². The van der Waals surface area contributed by atoms with Crippen molar-refractivity contribution >= 4 is 11.7 Å². The molecule has 2 aliphatic rings. The molecule has 7 heteroatoms. The summed E-state index contributed by atoms with van der Waals surface area (Å²) in [5.41, 5.74) is 2.04. The van der Waals surface area contributed by atoms with Crippen LogP contribution in [0.2, 0.25) is 0 Å². The molecule has 0 saturated carbocycles. The standard InChI is InChI=1S/C20H28N6O/c1-15-11-16(2)26(23-15)19-13-21-12-18(22-19)24-9-6-17(7-10-24)14-25-8-4-3-5-20(25)27/h11-13,17H,3-10,14H2,1-2H3. The monoisotopic (exact) mass is 368 g/mol.